The van der Waals surface area contributed by atoms with Crippen LogP contribution in [0, 0.1) is 17.2 Å². The highest BCUT2D eigenvalue weighted by Crippen LogP contribution is 2.26. The average Bonchev–Trinajstić information content (AvgIpc) is 2.58. The van der Waals surface area contributed by atoms with E-state index in [1.807, 2.05) is 12.1 Å². The molecule has 1 aliphatic rings. The van der Waals surface area contributed by atoms with Crippen LogP contribution in [0.1, 0.15) is 25.8 Å². The minimum Gasteiger partial charge on any atom is -0.354 e. The smallest absolute Gasteiger partial charge is 0.128 e. The first-order chi connectivity index (χ1) is 7.20. The van der Waals surface area contributed by atoms with Gasteiger partial charge in [-0.1, -0.05) is 6.92 Å². The third kappa shape index (κ3) is 1.94. The largest absolute Gasteiger partial charge is 0.354 e. The van der Waals surface area contributed by atoms with Crippen LogP contribution < -0.4 is 4.90 Å². The molecular weight excluding hydrogens is 186 g/mol. The van der Waals surface area contributed by atoms with E-state index >= 15 is 0 Å². The molecule has 0 spiro atoms. The molecule has 1 fully saturated rings. The van der Waals surface area contributed by atoms with Gasteiger partial charge in [-0.3, -0.25) is 0 Å². The zero-order valence-electron chi connectivity index (χ0n) is 9.14. The monoisotopic (exact) mass is 201 g/mol. The SMILES string of the molecule is CC1CC(C)N(c2ccc(C#N)cn2)C1. The number of hydrogen-bond donors (Lipinski definition) is 0. The topological polar surface area (TPSA) is 39.9 Å². The van der Waals surface area contributed by atoms with E-state index in [0.29, 0.717) is 11.6 Å². The summed E-state index contributed by atoms with van der Waals surface area (Å²) in [4.78, 5) is 6.63. The van der Waals surface area contributed by atoms with Crippen LogP contribution in [0.15, 0.2) is 18.3 Å². The van der Waals surface area contributed by atoms with Gasteiger partial charge in [0, 0.05) is 18.8 Å². The number of pyridine rings is 1. The fourth-order valence-corrected chi connectivity index (χ4v) is 2.24. The number of hydrogen-bond acceptors (Lipinski definition) is 3. The van der Waals surface area contributed by atoms with E-state index in [4.69, 9.17) is 5.26 Å². The van der Waals surface area contributed by atoms with Crippen LogP contribution in [0.25, 0.3) is 0 Å². The summed E-state index contributed by atoms with van der Waals surface area (Å²) in [7, 11) is 0. The van der Waals surface area contributed by atoms with Gasteiger partial charge < -0.3 is 4.90 Å². The van der Waals surface area contributed by atoms with Gasteiger partial charge in [-0.25, -0.2) is 4.98 Å². The molecule has 1 aromatic heterocycles. The van der Waals surface area contributed by atoms with Crippen molar-refractivity contribution in [2.45, 2.75) is 26.3 Å². The molecule has 2 atom stereocenters. The highest BCUT2D eigenvalue weighted by Gasteiger charge is 2.26. The molecule has 2 heterocycles. The minimum atomic E-state index is 0.556. The summed E-state index contributed by atoms with van der Waals surface area (Å²) in [6, 6.07) is 6.41. The van der Waals surface area contributed by atoms with Gasteiger partial charge in [0.2, 0.25) is 0 Å². The van der Waals surface area contributed by atoms with Crippen LogP contribution in [0.5, 0.6) is 0 Å². The van der Waals surface area contributed by atoms with Crippen molar-refractivity contribution in [1.82, 2.24) is 4.98 Å². The summed E-state index contributed by atoms with van der Waals surface area (Å²) in [5.41, 5.74) is 0.624. The van der Waals surface area contributed by atoms with Gasteiger partial charge in [-0.05, 0) is 31.4 Å². The van der Waals surface area contributed by atoms with Crippen LogP contribution in [0.4, 0.5) is 5.82 Å². The maximum absolute atomic E-state index is 8.68. The van der Waals surface area contributed by atoms with Crippen molar-refractivity contribution in [3.8, 4) is 6.07 Å². The average molecular weight is 201 g/mol. The number of anilines is 1. The Hall–Kier alpha value is -1.56. The quantitative estimate of drug-likeness (QED) is 0.699. The third-order valence-corrected chi connectivity index (χ3v) is 2.96. The standard InChI is InChI=1S/C12H15N3/c1-9-5-10(2)15(8-9)12-4-3-11(6-13)7-14-12/h3-4,7,9-10H,5,8H2,1-2H3. The predicted molar refractivity (Wildman–Crippen MR) is 59.5 cm³/mol. The Morgan fingerprint density at radius 3 is 2.73 bits per heavy atom. The van der Waals surface area contributed by atoms with Crippen molar-refractivity contribution in [1.29, 1.82) is 5.26 Å². The van der Waals surface area contributed by atoms with Crippen LogP contribution in [-0.4, -0.2) is 17.6 Å². The van der Waals surface area contributed by atoms with E-state index in [9.17, 15) is 0 Å². The number of rotatable bonds is 1. The Kier molecular flexibility index (Phi) is 2.59. The van der Waals surface area contributed by atoms with Crippen molar-refractivity contribution < 1.29 is 0 Å². The van der Waals surface area contributed by atoms with Crippen molar-refractivity contribution in [3.63, 3.8) is 0 Å². The van der Waals surface area contributed by atoms with E-state index in [2.05, 4.69) is 29.8 Å². The lowest BCUT2D eigenvalue weighted by Crippen LogP contribution is -2.27. The summed E-state index contributed by atoms with van der Waals surface area (Å²) >= 11 is 0. The molecule has 15 heavy (non-hydrogen) atoms. The second kappa shape index (κ2) is 3.90. The van der Waals surface area contributed by atoms with Crippen molar-refractivity contribution in [2.75, 3.05) is 11.4 Å². The van der Waals surface area contributed by atoms with Crippen LogP contribution in [0.2, 0.25) is 0 Å². The Bertz CT molecular complexity index is 377. The lowest BCUT2D eigenvalue weighted by atomic mass is 10.1. The normalized spacial score (nSPS) is 25.3. The van der Waals surface area contributed by atoms with Gasteiger partial charge >= 0.3 is 0 Å². The molecule has 0 amide bonds. The molecule has 0 aliphatic carbocycles. The highest BCUT2D eigenvalue weighted by molar-refractivity contribution is 5.43. The van der Waals surface area contributed by atoms with Gasteiger partial charge in [0.05, 0.1) is 5.56 Å². The molecule has 0 aromatic carbocycles. The van der Waals surface area contributed by atoms with Gasteiger partial charge in [0.15, 0.2) is 0 Å². The predicted octanol–water partition coefficient (Wildman–Crippen LogP) is 2.19. The van der Waals surface area contributed by atoms with Crippen LogP contribution in [0.3, 0.4) is 0 Å². The molecule has 0 saturated carbocycles. The van der Waals surface area contributed by atoms with Crippen LogP contribution >= 0.6 is 0 Å². The molecule has 1 saturated heterocycles. The van der Waals surface area contributed by atoms with E-state index in [1.165, 1.54) is 6.42 Å². The minimum absolute atomic E-state index is 0.556. The van der Waals surface area contributed by atoms with Crippen molar-refractivity contribution in [3.05, 3.63) is 23.9 Å². The molecule has 1 aliphatic heterocycles. The molecule has 2 unspecified atom stereocenters. The van der Waals surface area contributed by atoms with Gasteiger partial charge in [0.25, 0.3) is 0 Å². The van der Waals surface area contributed by atoms with Crippen LogP contribution in [-0.2, 0) is 0 Å². The number of nitrogens with zero attached hydrogens (tertiary/aromatic N) is 3. The lowest BCUT2D eigenvalue weighted by molar-refractivity contribution is 0.625. The molecule has 0 N–H and O–H groups in total. The number of nitriles is 1. The van der Waals surface area contributed by atoms with E-state index < -0.39 is 0 Å². The first-order valence-electron chi connectivity index (χ1n) is 5.33. The Balaban J connectivity index is 2.20. The van der Waals surface area contributed by atoms with Crippen molar-refractivity contribution in [2.24, 2.45) is 5.92 Å². The first kappa shape index (κ1) is 9.97. The lowest BCUT2D eigenvalue weighted by Gasteiger charge is -2.22. The molecular formula is C12H15N3. The van der Waals surface area contributed by atoms with E-state index in [1.54, 1.807) is 6.20 Å². The molecule has 78 valence electrons. The third-order valence-electron chi connectivity index (χ3n) is 2.96. The Morgan fingerprint density at radius 2 is 2.27 bits per heavy atom. The molecule has 2 rings (SSSR count). The van der Waals surface area contributed by atoms with Gasteiger partial charge in [-0.2, -0.15) is 5.26 Å². The van der Waals surface area contributed by atoms with E-state index in [0.717, 1.165) is 18.3 Å². The van der Waals surface area contributed by atoms with Gasteiger partial charge in [-0.15, -0.1) is 0 Å². The molecule has 0 bridgehead atoms. The maximum Gasteiger partial charge on any atom is 0.128 e. The summed E-state index contributed by atoms with van der Waals surface area (Å²) in [5, 5.41) is 8.68. The van der Waals surface area contributed by atoms with Gasteiger partial charge in [0.1, 0.15) is 11.9 Å². The Labute approximate surface area is 90.4 Å². The van der Waals surface area contributed by atoms with E-state index in [-0.39, 0.29) is 0 Å². The summed E-state index contributed by atoms with van der Waals surface area (Å²) in [5.74, 6) is 1.73. The zero-order valence-corrected chi connectivity index (χ0v) is 9.14. The molecule has 1 aromatic rings. The fourth-order valence-electron chi connectivity index (χ4n) is 2.24. The fraction of sp³-hybridized carbons (Fsp3) is 0.500. The molecule has 3 heteroatoms. The summed E-state index contributed by atoms with van der Waals surface area (Å²) in [6.45, 7) is 5.56. The summed E-state index contributed by atoms with van der Waals surface area (Å²) in [6.07, 6.45) is 2.87. The second-order valence-electron chi connectivity index (χ2n) is 4.36. The first-order valence-corrected chi connectivity index (χ1v) is 5.33. The molecule has 3 nitrogen and oxygen atoms in total. The highest BCUT2D eigenvalue weighted by atomic mass is 15.2. The number of aromatic nitrogens is 1. The Morgan fingerprint density at radius 1 is 1.47 bits per heavy atom. The maximum atomic E-state index is 8.68. The zero-order chi connectivity index (χ0) is 10.8. The second-order valence-corrected chi connectivity index (χ2v) is 4.36. The summed E-state index contributed by atoms with van der Waals surface area (Å²) < 4.78 is 0. The van der Waals surface area contributed by atoms with Crippen molar-refractivity contribution >= 4 is 5.82 Å². The molecule has 0 radical (unpaired) electrons.